The van der Waals surface area contributed by atoms with E-state index < -0.39 is 0 Å². The zero-order chi connectivity index (χ0) is 15.1. The van der Waals surface area contributed by atoms with Crippen LogP contribution in [0.15, 0.2) is 27.8 Å². The topological polar surface area (TPSA) is 60.9 Å². The molecule has 0 spiro atoms. The molecular formula is C14H11Cl2N3O2. The molecule has 7 heteroatoms. The van der Waals surface area contributed by atoms with Gasteiger partial charge in [0.2, 0.25) is 0 Å². The standard InChI is InChI=1S/C14H11Cl2N3O2/c1-7-11(8(2)21-18-7)5-19-6-17-13-10(14(19)20)3-9(15)4-12(13)16/h3-4,6H,5H2,1-2H3. The lowest BCUT2D eigenvalue weighted by Crippen LogP contribution is -2.21. The average molecular weight is 324 g/mol. The minimum Gasteiger partial charge on any atom is -0.361 e. The van der Waals surface area contributed by atoms with Gasteiger partial charge < -0.3 is 4.52 Å². The summed E-state index contributed by atoms with van der Waals surface area (Å²) in [5, 5.41) is 5.03. The molecule has 0 bridgehead atoms. The van der Waals surface area contributed by atoms with Crippen LogP contribution >= 0.6 is 23.2 Å². The highest BCUT2D eigenvalue weighted by Gasteiger charge is 2.13. The monoisotopic (exact) mass is 323 g/mol. The van der Waals surface area contributed by atoms with E-state index in [-0.39, 0.29) is 5.56 Å². The molecule has 0 fully saturated rings. The highest BCUT2D eigenvalue weighted by molar-refractivity contribution is 6.38. The predicted molar refractivity (Wildman–Crippen MR) is 81.1 cm³/mol. The average Bonchev–Trinajstić information content (AvgIpc) is 2.74. The molecule has 0 saturated heterocycles. The van der Waals surface area contributed by atoms with Gasteiger partial charge >= 0.3 is 0 Å². The molecule has 108 valence electrons. The summed E-state index contributed by atoms with van der Waals surface area (Å²) in [6, 6.07) is 3.14. The van der Waals surface area contributed by atoms with Crippen molar-refractivity contribution < 1.29 is 4.52 Å². The van der Waals surface area contributed by atoms with Crippen molar-refractivity contribution in [3.63, 3.8) is 0 Å². The van der Waals surface area contributed by atoms with Crippen LogP contribution in [-0.4, -0.2) is 14.7 Å². The quantitative estimate of drug-likeness (QED) is 0.725. The van der Waals surface area contributed by atoms with E-state index in [2.05, 4.69) is 10.1 Å². The lowest BCUT2D eigenvalue weighted by Gasteiger charge is -2.07. The van der Waals surface area contributed by atoms with Crippen LogP contribution in [-0.2, 0) is 6.54 Å². The van der Waals surface area contributed by atoms with Crippen LogP contribution in [0.2, 0.25) is 10.0 Å². The predicted octanol–water partition coefficient (Wildman–Crippen LogP) is 3.36. The first-order valence-electron chi connectivity index (χ1n) is 6.23. The Morgan fingerprint density at radius 1 is 1.29 bits per heavy atom. The molecule has 3 rings (SSSR count). The number of benzene rings is 1. The minimum absolute atomic E-state index is 0.204. The van der Waals surface area contributed by atoms with Gasteiger partial charge in [-0.05, 0) is 26.0 Å². The van der Waals surface area contributed by atoms with Crippen LogP contribution in [0.3, 0.4) is 0 Å². The Morgan fingerprint density at radius 2 is 2.05 bits per heavy atom. The van der Waals surface area contributed by atoms with E-state index >= 15 is 0 Å². The van der Waals surface area contributed by atoms with Crippen molar-refractivity contribution in [3.8, 4) is 0 Å². The van der Waals surface area contributed by atoms with Crippen LogP contribution in [0.4, 0.5) is 0 Å². The van der Waals surface area contributed by atoms with Gasteiger partial charge in [-0.2, -0.15) is 0 Å². The number of nitrogens with zero attached hydrogens (tertiary/aromatic N) is 3. The van der Waals surface area contributed by atoms with Crippen molar-refractivity contribution in [3.05, 3.63) is 55.9 Å². The molecule has 5 nitrogen and oxygen atoms in total. The van der Waals surface area contributed by atoms with Crippen LogP contribution < -0.4 is 5.56 Å². The molecular weight excluding hydrogens is 313 g/mol. The lowest BCUT2D eigenvalue weighted by atomic mass is 10.2. The largest absolute Gasteiger partial charge is 0.361 e. The van der Waals surface area contributed by atoms with Crippen molar-refractivity contribution in [2.75, 3.05) is 0 Å². The molecule has 0 amide bonds. The van der Waals surface area contributed by atoms with E-state index in [0.29, 0.717) is 33.3 Å². The van der Waals surface area contributed by atoms with Crippen LogP contribution in [0.5, 0.6) is 0 Å². The molecule has 0 radical (unpaired) electrons. The van der Waals surface area contributed by atoms with Crippen molar-refractivity contribution >= 4 is 34.1 Å². The summed E-state index contributed by atoms with van der Waals surface area (Å²) < 4.78 is 6.59. The SMILES string of the molecule is Cc1noc(C)c1Cn1cnc2c(Cl)cc(Cl)cc2c1=O. The fourth-order valence-corrected chi connectivity index (χ4v) is 2.75. The van der Waals surface area contributed by atoms with E-state index in [1.54, 1.807) is 12.1 Å². The van der Waals surface area contributed by atoms with Gasteiger partial charge in [0.1, 0.15) is 5.76 Å². The van der Waals surface area contributed by atoms with Gasteiger partial charge in [-0.3, -0.25) is 9.36 Å². The Bertz CT molecular complexity index is 880. The zero-order valence-corrected chi connectivity index (χ0v) is 12.9. The maximum atomic E-state index is 12.5. The van der Waals surface area contributed by atoms with Crippen molar-refractivity contribution in [2.45, 2.75) is 20.4 Å². The second-order valence-corrected chi connectivity index (χ2v) is 5.61. The summed E-state index contributed by atoms with van der Waals surface area (Å²) in [6.45, 7) is 3.98. The first-order valence-corrected chi connectivity index (χ1v) is 6.99. The van der Waals surface area contributed by atoms with Crippen molar-refractivity contribution in [1.29, 1.82) is 0 Å². The van der Waals surface area contributed by atoms with Gasteiger partial charge in [0, 0.05) is 10.6 Å². The normalized spacial score (nSPS) is 11.2. The van der Waals surface area contributed by atoms with E-state index in [4.69, 9.17) is 27.7 Å². The van der Waals surface area contributed by atoms with Crippen LogP contribution in [0, 0.1) is 13.8 Å². The van der Waals surface area contributed by atoms with Gasteiger partial charge in [0.15, 0.2) is 0 Å². The molecule has 0 saturated carbocycles. The molecule has 0 aliphatic rings. The fraction of sp³-hybridized carbons (Fsp3) is 0.214. The smallest absolute Gasteiger partial charge is 0.261 e. The highest BCUT2D eigenvalue weighted by Crippen LogP contribution is 2.24. The molecule has 3 aromatic rings. The Balaban J connectivity index is 2.17. The molecule has 21 heavy (non-hydrogen) atoms. The fourth-order valence-electron chi connectivity index (χ4n) is 2.21. The number of halogens is 2. The summed E-state index contributed by atoms with van der Waals surface area (Å²) in [7, 11) is 0. The maximum absolute atomic E-state index is 12.5. The summed E-state index contributed by atoms with van der Waals surface area (Å²) in [5.41, 5.74) is 1.86. The lowest BCUT2D eigenvalue weighted by molar-refractivity contribution is 0.392. The minimum atomic E-state index is -0.204. The van der Waals surface area contributed by atoms with Crippen molar-refractivity contribution in [1.82, 2.24) is 14.7 Å². The number of fused-ring (bicyclic) bond motifs is 1. The van der Waals surface area contributed by atoms with E-state index in [9.17, 15) is 4.79 Å². The summed E-state index contributed by atoms with van der Waals surface area (Å²) in [6.07, 6.45) is 1.47. The Labute approximate surface area is 130 Å². The Kier molecular flexibility index (Phi) is 3.47. The third-order valence-electron chi connectivity index (χ3n) is 3.36. The van der Waals surface area contributed by atoms with Crippen LogP contribution in [0.25, 0.3) is 10.9 Å². The number of hydrogen-bond donors (Lipinski definition) is 0. The molecule has 0 unspecified atom stereocenters. The van der Waals surface area contributed by atoms with E-state index in [1.807, 2.05) is 13.8 Å². The van der Waals surface area contributed by atoms with Gasteiger partial charge in [-0.25, -0.2) is 4.98 Å². The van der Waals surface area contributed by atoms with Crippen LogP contribution in [0.1, 0.15) is 17.0 Å². The number of aromatic nitrogens is 3. The van der Waals surface area contributed by atoms with Gasteiger partial charge in [0.25, 0.3) is 5.56 Å². The Hall–Kier alpha value is -1.85. The van der Waals surface area contributed by atoms with Crippen molar-refractivity contribution in [2.24, 2.45) is 0 Å². The van der Waals surface area contributed by atoms with E-state index in [0.717, 1.165) is 11.3 Å². The van der Waals surface area contributed by atoms with Gasteiger partial charge in [-0.1, -0.05) is 28.4 Å². The third kappa shape index (κ3) is 2.43. The number of rotatable bonds is 2. The Morgan fingerprint density at radius 3 is 2.71 bits per heavy atom. The summed E-state index contributed by atoms with van der Waals surface area (Å²) in [4.78, 5) is 16.8. The highest BCUT2D eigenvalue weighted by atomic mass is 35.5. The second kappa shape index (κ2) is 5.16. The molecule has 1 aromatic carbocycles. The number of aryl methyl sites for hydroxylation is 2. The van der Waals surface area contributed by atoms with Gasteiger partial charge in [0.05, 0.1) is 34.5 Å². The molecule has 0 aliphatic carbocycles. The molecule has 0 aliphatic heterocycles. The molecule has 2 aromatic heterocycles. The molecule has 0 N–H and O–H groups in total. The molecule has 0 atom stereocenters. The summed E-state index contributed by atoms with van der Waals surface area (Å²) >= 11 is 12.0. The van der Waals surface area contributed by atoms with Gasteiger partial charge in [-0.15, -0.1) is 0 Å². The second-order valence-electron chi connectivity index (χ2n) is 4.76. The third-order valence-corrected chi connectivity index (χ3v) is 3.86. The maximum Gasteiger partial charge on any atom is 0.261 e. The zero-order valence-electron chi connectivity index (χ0n) is 11.4. The number of hydrogen-bond acceptors (Lipinski definition) is 4. The van der Waals surface area contributed by atoms with E-state index in [1.165, 1.54) is 10.9 Å². The molecule has 2 heterocycles. The summed E-state index contributed by atoms with van der Waals surface area (Å²) in [5.74, 6) is 0.684. The first-order chi connectivity index (χ1) is 9.97. The first kappa shape index (κ1) is 14.1.